The van der Waals surface area contributed by atoms with Gasteiger partial charge in [-0.1, -0.05) is 6.92 Å². The van der Waals surface area contributed by atoms with Crippen molar-refractivity contribution in [1.82, 2.24) is 9.88 Å². The third-order valence-electron chi connectivity index (χ3n) is 2.51. The van der Waals surface area contributed by atoms with Crippen LogP contribution in [0.25, 0.3) is 0 Å². The van der Waals surface area contributed by atoms with Gasteiger partial charge in [-0.15, -0.1) is 0 Å². The zero-order chi connectivity index (χ0) is 13.7. The standard InChI is InChI=1S/C12H16N2O4/c1-8(12(16)17)7-14(2)11(15)9-4-5-10(18-3)13-6-9/h4-6,8H,7H2,1-3H3,(H,16,17). The number of hydrogen-bond acceptors (Lipinski definition) is 4. The van der Waals surface area contributed by atoms with Gasteiger partial charge in [0.2, 0.25) is 5.88 Å². The van der Waals surface area contributed by atoms with E-state index in [4.69, 9.17) is 9.84 Å². The molecule has 0 saturated carbocycles. The lowest BCUT2D eigenvalue weighted by atomic mass is 10.1. The van der Waals surface area contributed by atoms with E-state index in [9.17, 15) is 9.59 Å². The molecule has 0 bridgehead atoms. The summed E-state index contributed by atoms with van der Waals surface area (Å²) in [6.07, 6.45) is 1.41. The molecule has 18 heavy (non-hydrogen) atoms. The van der Waals surface area contributed by atoms with E-state index in [1.165, 1.54) is 18.2 Å². The van der Waals surface area contributed by atoms with Gasteiger partial charge in [0.15, 0.2) is 0 Å². The molecule has 98 valence electrons. The highest BCUT2D eigenvalue weighted by Crippen LogP contribution is 2.09. The Balaban J connectivity index is 2.70. The highest BCUT2D eigenvalue weighted by molar-refractivity contribution is 5.94. The number of carboxylic acid groups (broad SMARTS) is 1. The lowest BCUT2D eigenvalue weighted by molar-refractivity contribution is -0.141. The van der Waals surface area contributed by atoms with Gasteiger partial charge in [0.05, 0.1) is 18.6 Å². The Bertz CT molecular complexity index is 430. The Kier molecular flexibility index (Phi) is 4.65. The Morgan fingerprint density at radius 1 is 1.50 bits per heavy atom. The molecular formula is C12H16N2O4. The van der Waals surface area contributed by atoms with Crippen molar-refractivity contribution >= 4 is 11.9 Å². The average Bonchev–Trinajstić information content (AvgIpc) is 2.37. The Hall–Kier alpha value is -2.11. The fourth-order valence-electron chi connectivity index (χ4n) is 1.42. The third kappa shape index (κ3) is 3.44. The first-order chi connectivity index (χ1) is 8.45. The van der Waals surface area contributed by atoms with Crippen molar-refractivity contribution in [1.29, 1.82) is 0 Å². The minimum atomic E-state index is -0.928. The van der Waals surface area contributed by atoms with Crippen LogP contribution in [0.3, 0.4) is 0 Å². The molecule has 6 heteroatoms. The van der Waals surface area contributed by atoms with Crippen LogP contribution in [-0.2, 0) is 4.79 Å². The number of nitrogens with zero attached hydrogens (tertiary/aromatic N) is 2. The normalized spacial score (nSPS) is 11.7. The topological polar surface area (TPSA) is 79.7 Å². The molecule has 1 aromatic heterocycles. The Morgan fingerprint density at radius 3 is 2.61 bits per heavy atom. The zero-order valence-electron chi connectivity index (χ0n) is 10.6. The van der Waals surface area contributed by atoms with Crippen LogP contribution >= 0.6 is 0 Å². The largest absolute Gasteiger partial charge is 0.481 e. The second-order valence-corrected chi connectivity index (χ2v) is 4.01. The minimum absolute atomic E-state index is 0.153. The molecule has 0 aliphatic heterocycles. The van der Waals surface area contributed by atoms with Crippen LogP contribution < -0.4 is 4.74 Å². The number of aliphatic carboxylic acids is 1. The molecule has 1 atom stereocenters. The molecule has 1 aromatic rings. The van der Waals surface area contributed by atoms with Crippen LogP contribution in [0.5, 0.6) is 5.88 Å². The van der Waals surface area contributed by atoms with Crippen LogP contribution in [0, 0.1) is 5.92 Å². The van der Waals surface area contributed by atoms with E-state index in [0.717, 1.165) is 0 Å². The predicted molar refractivity (Wildman–Crippen MR) is 64.5 cm³/mol. The maximum Gasteiger partial charge on any atom is 0.308 e. The van der Waals surface area contributed by atoms with Gasteiger partial charge in [-0.3, -0.25) is 9.59 Å². The number of carbonyl (C=O) groups excluding carboxylic acids is 1. The number of carbonyl (C=O) groups is 2. The summed E-state index contributed by atoms with van der Waals surface area (Å²) in [5.74, 6) is -1.38. The summed E-state index contributed by atoms with van der Waals surface area (Å²) in [6, 6.07) is 3.18. The Labute approximate surface area is 105 Å². The van der Waals surface area contributed by atoms with E-state index in [1.54, 1.807) is 26.1 Å². The summed E-state index contributed by atoms with van der Waals surface area (Å²) < 4.78 is 4.89. The van der Waals surface area contributed by atoms with Gasteiger partial charge in [0.25, 0.3) is 5.91 Å². The van der Waals surface area contributed by atoms with E-state index in [0.29, 0.717) is 11.4 Å². The second kappa shape index (κ2) is 6.00. The zero-order valence-corrected chi connectivity index (χ0v) is 10.6. The summed E-state index contributed by atoms with van der Waals surface area (Å²) in [7, 11) is 3.05. The van der Waals surface area contributed by atoms with E-state index in [-0.39, 0.29) is 12.5 Å². The number of hydrogen-bond donors (Lipinski definition) is 1. The fraction of sp³-hybridized carbons (Fsp3) is 0.417. The van der Waals surface area contributed by atoms with Gasteiger partial charge in [-0.25, -0.2) is 4.98 Å². The Morgan fingerprint density at radius 2 is 2.17 bits per heavy atom. The number of amides is 1. The van der Waals surface area contributed by atoms with E-state index in [2.05, 4.69) is 4.98 Å². The quantitative estimate of drug-likeness (QED) is 0.841. The van der Waals surface area contributed by atoms with Crippen LogP contribution in [0.2, 0.25) is 0 Å². The van der Waals surface area contributed by atoms with Gasteiger partial charge >= 0.3 is 5.97 Å². The van der Waals surface area contributed by atoms with E-state index in [1.807, 2.05) is 0 Å². The highest BCUT2D eigenvalue weighted by Gasteiger charge is 2.18. The van der Waals surface area contributed by atoms with Crippen LogP contribution in [0.15, 0.2) is 18.3 Å². The van der Waals surface area contributed by atoms with Gasteiger partial charge in [0, 0.05) is 25.9 Å². The number of pyridine rings is 1. The number of rotatable bonds is 5. The van der Waals surface area contributed by atoms with Crippen molar-refractivity contribution < 1.29 is 19.4 Å². The summed E-state index contributed by atoms with van der Waals surface area (Å²) in [6.45, 7) is 1.71. The molecule has 0 radical (unpaired) electrons. The van der Waals surface area contributed by atoms with Crippen LogP contribution in [-0.4, -0.2) is 47.6 Å². The molecule has 1 amide bonds. The molecule has 1 unspecified atom stereocenters. The summed E-state index contributed by atoms with van der Waals surface area (Å²) in [5.41, 5.74) is 0.399. The molecule has 1 heterocycles. The first-order valence-corrected chi connectivity index (χ1v) is 5.44. The molecule has 1 N–H and O–H groups in total. The number of methoxy groups -OCH3 is 1. The van der Waals surface area contributed by atoms with E-state index >= 15 is 0 Å². The summed E-state index contributed by atoms with van der Waals surface area (Å²) >= 11 is 0. The molecule has 0 spiro atoms. The molecule has 0 aliphatic rings. The third-order valence-corrected chi connectivity index (χ3v) is 2.51. The van der Waals surface area contributed by atoms with Crippen molar-refractivity contribution in [2.75, 3.05) is 20.7 Å². The maximum absolute atomic E-state index is 12.0. The van der Waals surface area contributed by atoms with Crippen molar-refractivity contribution in [3.05, 3.63) is 23.9 Å². The van der Waals surface area contributed by atoms with Crippen molar-refractivity contribution in [3.63, 3.8) is 0 Å². The van der Waals surface area contributed by atoms with Crippen LogP contribution in [0.1, 0.15) is 17.3 Å². The number of carboxylic acids is 1. The molecule has 0 aliphatic carbocycles. The first kappa shape index (κ1) is 14.0. The summed E-state index contributed by atoms with van der Waals surface area (Å²) in [5, 5.41) is 8.78. The van der Waals surface area contributed by atoms with E-state index < -0.39 is 11.9 Å². The summed E-state index contributed by atoms with van der Waals surface area (Å²) in [4.78, 5) is 28.0. The molecule has 0 aromatic carbocycles. The molecule has 0 saturated heterocycles. The lowest BCUT2D eigenvalue weighted by Crippen LogP contribution is -2.33. The average molecular weight is 252 g/mol. The second-order valence-electron chi connectivity index (χ2n) is 4.01. The van der Waals surface area contributed by atoms with Gasteiger partial charge in [-0.2, -0.15) is 0 Å². The fourth-order valence-corrected chi connectivity index (χ4v) is 1.42. The SMILES string of the molecule is COc1ccc(C(=O)N(C)CC(C)C(=O)O)cn1. The van der Waals surface area contributed by atoms with Gasteiger partial charge < -0.3 is 14.7 Å². The monoisotopic (exact) mass is 252 g/mol. The predicted octanol–water partition coefficient (Wildman–Crippen LogP) is 0.883. The number of aromatic nitrogens is 1. The minimum Gasteiger partial charge on any atom is -0.481 e. The van der Waals surface area contributed by atoms with Gasteiger partial charge in [-0.05, 0) is 6.07 Å². The molecule has 0 fully saturated rings. The molecular weight excluding hydrogens is 236 g/mol. The van der Waals surface area contributed by atoms with Crippen molar-refractivity contribution in [2.45, 2.75) is 6.92 Å². The lowest BCUT2D eigenvalue weighted by Gasteiger charge is -2.19. The van der Waals surface area contributed by atoms with Crippen LogP contribution in [0.4, 0.5) is 0 Å². The molecule has 1 rings (SSSR count). The first-order valence-electron chi connectivity index (χ1n) is 5.44. The van der Waals surface area contributed by atoms with Crippen molar-refractivity contribution in [2.24, 2.45) is 5.92 Å². The van der Waals surface area contributed by atoms with Crippen molar-refractivity contribution in [3.8, 4) is 5.88 Å². The highest BCUT2D eigenvalue weighted by atomic mass is 16.5. The smallest absolute Gasteiger partial charge is 0.308 e. The number of ether oxygens (including phenoxy) is 1. The van der Waals surface area contributed by atoms with Gasteiger partial charge in [0.1, 0.15) is 0 Å². The maximum atomic E-state index is 12.0. The molecule has 6 nitrogen and oxygen atoms in total.